The summed E-state index contributed by atoms with van der Waals surface area (Å²) >= 11 is 0. The van der Waals surface area contributed by atoms with Crippen molar-refractivity contribution in [2.24, 2.45) is 0 Å². The maximum Gasteiger partial charge on any atom is 0.200 e. The second kappa shape index (κ2) is 10.6. The van der Waals surface area contributed by atoms with Crippen molar-refractivity contribution >= 4 is 34.1 Å². The first-order valence-corrected chi connectivity index (χ1v) is 9.69. The van der Waals surface area contributed by atoms with E-state index >= 15 is 0 Å². The van der Waals surface area contributed by atoms with Crippen molar-refractivity contribution in [1.82, 2.24) is 0 Å². The van der Waals surface area contributed by atoms with E-state index in [0.29, 0.717) is 10.8 Å². The van der Waals surface area contributed by atoms with Crippen LogP contribution in [0.4, 0.5) is 0 Å². The smallest absolute Gasteiger partial charge is 0.200 e. The number of fused-ring (bicyclic) bond motifs is 1. The van der Waals surface area contributed by atoms with Gasteiger partial charge in [0.15, 0.2) is 11.5 Å². The summed E-state index contributed by atoms with van der Waals surface area (Å²) < 4.78 is 19.3. The van der Waals surface area contributed by atoms with Crippen LogP contribution in [-0.4, -0.2) is 36.2 Å². The number of phenolic OH excluding ortho intramolecular Hbond substituents is 3. The van der Waals surface area contributed by atoms with Gasteiger partial charge in [0.25, 0.3) is 0 Å². The Bertz CT molecular complexity index is 915. The maximum atomic E-state index is 9.63. The average molecular weight is 397 g/mol. The molecule has 0 heterocycles. The van der Waals surface area contributed by atoms with Crippen LogP contribution in [0.1, 0.15) is 5.56 Å². The summed E-state index contributed by atoms with van der Waals surface area (Å²) in [5.41, 5.74) is 1.32. The molecule has 0 spiro atoms. The van der Waals surface area contributed by atoms with Crippen LogP contribution in [0.2, 0.25) is 0 Å². The molecule has 0 aromatic heterocycles. The Hall–Kier alpha value is -2.38. The first-order valence-electron chi connectivity index (χ1n) is 7.39. The first-order chi connectivity index (χ1) is 11.6. The molecular weight excluding hydrogens is 372 g/mol. The predicted molar refractivity (Wildman–Crippen MR) is 111 cm³/mol. The van der Waals surface area contributed by atoms with E-state index in [1.165, 1.54) is 11.6 Å². The van der Waals surface area contributed by atoms with E-state index in [0.717, 1.165) is 12.5 Å². The number of benzene rings is 3. The Labute approximate surface area is 160 Å². The van der Waals surface area contributed by atoms with Crippen LogP contribution in [-0.2, 0) is 9.84 Å². The minimum Gasteiger partial charge on any atom is -0.504 e. The largest absolute Gasteiger partial charge is 0.504 e. The third-order valence-corrected chi connectivity index (χ3v) is 2.92. The molecule has 0 saturated heterocycles. The summed E-state index contributed by atoms with van der Waals surface area (Å²) in [6.45, 7) is 2.08. The molecule has 0 aliphatic rings. The fraction of sp³-hybridized carbons (Fsp3) is 0.158. The molecule has 0 unspecified atom stereocenters. The molecule has 0 atom stereocenters. The Kier molecular flexibility index (Phi) is 9.61. The van der Waals surface area contributed by atoms with Gasteiger partial charge in [-0.2, -0.15) is 13.5 Å². The third-order valence-electron chi connectivity index (χ3n) is 2.92. The zero-order valence-electron chi connectivity index (χ0n) is 14.8. The van der Waals surface area contributed by atoms with Gasteiger partial charge in [-0.25, -0.2) is 8.42 Å². The number of rotatable bonds is 0. The van der Waals surface area contributed by atoms with Crippen molar-refractivity contribution in [1.29, 1.82) is 0 Å². The molecule has 0 radical (unpaired) electrons. The maximum absolute atomic E-state index is 9.63. The zero-order valence-corrected chi connectivity index (χ0v) is 16.7. The van der Waals surface area contributed by atoms with Gasteiger partial charge in [0.05, 0.1) is 0 Å². The van der Waals surface area contributed by atoms with Crippen LogP contribution in [0.5, 0.6) is 17.2 Å². The van der Waals surface area contributed by atoms with Crippen molar-refractivity contribution in [3.63, 3.8) is 0 Å². The quantitative estimate of drug-likeness (QED) is 0.503. The summed E-state index contributed by atoms with van der Waals surface area (Å²) in [5, 5.41) is 29.0. The normalized spacial score (nSPS) is 9.81. The molecule has 3 N–H and O–H groups in total. The van der Waals surface area contributed by atoms with Crippen molar-refractivity contribution in [2.45, 2.75) is 6.92 Å². The molecule has 0 saturated carbocycles. The van der Waals surface area contributed by atoms with Crippen molar-refractivity contribution in [2.75, 3.05) is 12.5 Å². The molecule has 0 amide bonds. The van der Waals surface area contributed by atoms with Crippen LogP contribution in [0.25, 0.3) is 10.8 Å². The van der Waals surface area contributed by atoms with Gasteiger partial charge in [0.2, 0.25) is 5.75 Å². The summed E-state index contributed by atoms with van der Waals surface area (Å²) in [5.74, 6) is -1.06. The first kappa shape index (κ1) is 23.6. The number of hydrogen-bond acceptors (Lipinski definition) is 5. The molecule has 0 aliphatic heterocycles. The van der Waals surface area contributed by atoms with Crippen LogP contribution in [0.3, 0.4) is 0 Å². The standard InChI is InChI=1S/C10H8O3.C7H8.C2H6O2S.H2S/c11-8-5-6-3-1-2-4-7(6)9(12)10(8)13;1-7-5-3-2-4-6-7;1-5(2,3)4;/h1-5,11-13H;2-6H,1H3;1-2H3;1H2. The van der Waals surface area contributed by atoms with E-state index in [4.69, 9.17) is 0 Å². The molecule has 0 bridgehead atoms. The monoisotopic (exact) mass is 396 g/mol. The van der Waals surface area contributed by atoms with Gasteiger partial charge in [-0.05, 0) is 18.4 Å². The Morgan fingerprint density at radius 2 is 1.23 bits per heavy atom. The molecule has 3 aromatic carbocycles. The topological polar surface area (TPSA) is 94.8 Å². The molecule has 3 rings (SSSR count). The zero-order chi connectivity index (χ0) is 19.0. The SMILES string of the molecule is CS(C)(=O)=O.Cc1ccccc1.Oc1cc2ccccc2c(O)c1O.S. The van der Waals surface area contributed by atoms with Crippen molar-refractivity contribution in [3.05, 3.63) is 66.2 Å². The third kappa shape index (κ3) is 8.64. The summed E-state index contributed by atoms with van der Waals surface area (Å²) in [6.07, 6.45) is 2.32. The van der Waals surface area contributed by atoms with Gasteiger partial charge in [-0.1, -0.05) is 60.2 Å². The van der Waals surface area contributed by atoms with E-state index < -0.39 is 15.6 Å². The second-order valence-electron chi connectivity index (χ2n) is 5.61. The number of aryl methyl sites for hydroxylation is 1. The van der Waals surface area contributed by atoms with Gasteiger partial charge in [0.1, 0.15) is 9.84 Å². The minimum atomic E-state index is -2.67. The lowest BCUT2D eigenvalue weighted by Gasteiger charge is -2.04. The Morgan fingerprint density at radius 3 is 1.69 bits per heavy atom. The van der Waals surface area contributed by atoms with Gasteiger partial charge >= 0.3 is 0 Å². The van der Waals surface area contributed by atoms with Gasteiger partial charge in [-0.15, -0.1) is 0 Å². The van der Waals surface area contributed by atoms with E-state index in [9.17, 15) is 23.7 Å². The highest BCUT2D eigenvalue weighted by Gasteiger charge is 2.09. The Morgan fingerprint density at radius 1 is 0.769 bits per heavy atom. The predicted octanol–water partition coefficient (Wildman–Crippen LogP) is 3.73. The summed E-state index contributed by atoms with van der Waals surface area (Å²) in [4.78, 5) is 0. The van der Waals surface area contributed by atoms with Crippen LogP contribution < -0.4 is 0 Å². The van der Waals surface area contributed by atoms with Crippen LogP contribution >= 0.6 is 13.5 Å². The second-order valence-corrected chi connectivity index (χ2v) is 7.90. The molecule has 3 aromatic rings. The lowest BCUT2D eigenvalue weighted by molar-refractivity contribution is 0.371. The highest BCUT2D eigenvalue weighted by atomic mass is 32.2. The van der Waals surface area contributed by atoms with E-state index in [-0.39, 0.29) is 25.0 Å². The lowest BCUT2D eigenvalue weighted by atomic mass is 10.1. The minimum absolute atomic E-state index is 0. The van der Waals surface area contributed by atoms with E-state index in [1.54, 1.807) is 24.3 Å². The van der Waals surface area contributed by atoms with Crippen molar-refractivity contribution < 1.29 is 23.7 Å². The lowest BCUT2D eigenvalue weighted by Crippen LogP contribution is -1.86. The molecule has 5 nitrogen and oxygen atoms in total. The number of sulfone groups is 1. The van der Waals surface area contributed by atoms with E-state index in [2.05, 4.69) is 19.1 Å². The van der Waals surface area contributed by atoms with E-state index in [1.807, 2.05) is 18.2 Å². The highest BCUT2D eigenvalue weighted by Crippen LogP contribution is 2.40. The number of aromatic hydroxyl groups is 3. The van der Waals surface area contributed by atoms with Gasteiger partial charge in [0, 0.05) is 17.9 Å². The van der Waals surface area contributed by atoms with Gasteiger partial charge in [-0.3, -0.25) is 0 Å². The molecular formula is C19H24O5S2. The molecule has 142 valence electrons. The average Bonchev–Trinajstić information content (AvgIpc) is 2.53. The summed E-state index contributed by atoms with van der Waals surface area (Å²) in [6, 6.07) is 18.6. The van der Waals surface area contributed by atoms with Crippen LogP contribution in [0, 0.1) is 6.92 Å². The Balaban J connectivity index is 0.000000409. The highest BCUT2D eigenvalue weighted by molar-refractivity contribution is 7.89. The number of hydrogen-bond donors (Lipinski definition) is 3. The molecule has 0 fully saturated rings. The number of phenols is 3. The van der Waals surface area contributed by atoms with Crippen LogP contribution in [0.15, 0.2) is 60.7 Å². The fourth-order valence-electron chi connectivity index (χ4n) is 1.84. The fourth-order valence-corrected chi connectivity index (χ4v) is 1.84. The van der Waals surface area contributed by atoms with Gasteiger partial charge < -0.3 is 15.3 Å². The van der Waals surface area contributed by atoms with Crippen molar-refractivity contribution in [3.8, 4) is 17.2 Å². The molecule has 7 heteroatoms. The summed E-state index contributed by atoms with van der Waals surface area (Å²) in [7, 11) is -2.67. The molecule has 0 aliphatic carbocycles. The molecule has 26 heavy (non-hydrogen) atoms.